The van der Waals surface area contributed by atoms with E-state index < -0.39 is 18.5 Å². The van der Waals surface area contributed by atoms with Gasteiger partial charge in [-0.2, -0.15) is 9.37 Å². The van der Waals surface area contributed by atoms with Gasteiger partial charge < -0.3 is 15.3 Å². The first-order valence-corrected chi connectivity index (χ1v) is 9.86. The molecule has 0 saturated carbocycles. The van der Waals surface area contributed by atoms with Crippen molar-refractivity contribution in [1.82, 2.24) is 4.98 Å². The minimum Gasteiger partial charge on any atom is -0.464 e. The van der Waals surface area contributed by atoms with Crippen LogP contribution >= 0.6 is 23.2 Å². The van der Waals surface area contributed by atoms with Crippen molar-refractivity contribution >= 4 is 40.6 Å². The maximum absolute atomic E-state index is 13.8. The molecule has 3 aromatic rings. The Morgan fingerprint density at radius 1 is 1.13 bits per heavy atom. The van der Waals surface area contributed by atoms with Gasteiger partial charge in [0.15, 0.2) is 6.61 Å². The zero-order valence-corrected chi connectivity index (χ0v) is 18.2. The molecule has 6 nitrogen and oxygen atoms in total. The summed E-state index contributed by atoms with van der Waals surface area (Å²) in [5.41, 5.74) is 8.65. The van der Waals surface area contributed by atoms with Gasteiger partial charge >= 0.3 is 5.97 Å². The molecule has 9 heteroatoms. The number of oxime groups is 1. The number of nitrogens with two attached hydrogens (primary N) is 1. The van der Waals surface area contributed by atoms with Crippen LogP contribution < -0.4 is 10.5 Å². The predicted octanol–water partition coefficient (Wildman–Crippen LogP) is 5.10. The Hall–Kier alpha value is -3.16. The van der Waals surface area contributed by atoms with Crippen LogP contribution in [-0.2, 0) is 9.63 Å². The number of anilines is 1. The highest BCUT2D eigenvalue weighted by molar-refractivity contribution is 6.34. The summed E-state index contributed by atoms with van der Waals surface area (Å²) >= 11 is 12.0. The molecule has 31 heavy (non-hydrogen) atoms. The third kappa shape index (κ3) is 5.51. The van der Waals surface area contributed by atoms with Crippen LogP contribution in [0, 0.1) is 19.8 Å². The number of aromatic nitrogens is 1. The van der Waals surface area contributed by atoms with Gasteiger partial charge in [0.05, 0.1) is 5.69 Å². The number of nitrogens with zero attached hydrogens (tertiary/aromatic N) is 2. The van der Waals surface area contributed by atoms with Gasteiger partial charge in [-0.1, -0.05) is 64.3 Å². The molecular formula is C22H18Cl2FN3O3. The normalized spacial score (nSPS) is 11.3. The lowest BCUT2D eigenvalue weighted by molar-refractivity contribution is -0.146. The van der Waals surface area contributed by atoms with Gasteiger partial charge in [-0.25, -0.2) is 4.79 Å². The highest BCUT2D eigenvalue weighted by Gasteiger charge is 2.17. The van der Waals surface area contributed by atoms with E-state index in [2.05, 4.69) is 10.1 Å². The number of ether oxygens (including phenoxy) is 1. The van der Waals surface area contributed by atoms with Gasteiger partial charge in [-0.3, -0.25) is 0 Å². The minimum atomic E-state index is -0.840. The molecule has 0 radical (unpaired) electrons. The lowest BCUT2D eigenvalue weighted by Crippen LogP contribution is -2.16. The summed E-state index contributed by atoms with van der Waals surface area (Å²) in [6.45, 7) is 2.77. The molecule has 1 heterocycles. The molecule has 2 N–H and O–H groups in total. The highest BCUT2D eigenvalue weighted by atomic mass is 35.5. The third-order valence-corrected chi connectivity index (χ3v) is 4.93. The fraction of sp³-hybridized carbons (Fsp3) is 0.136. The summed E-state index contributed by atoms with van der Waals surface area (Å²) < 4.78 is 18.9. The van der Waals surface area contributed by atoms with Crippen molar-refractivity contribution in [2.45, 2.75) is 13.8 Å². The average Bonchev–Trinajstić information content (AvgIpc) is 2.75. The molecule has 0 aliphatic carbocycles. The molecule has 2 aromatic carbocycles. The van der Waals surface area contributed by atoms with Crippen LogP contribution in [0.3, 0.4) is 0 Å². The number of pyridine rings is 1. The van der Waals surface area contributed by atoms with E-state index in [1.807, 2.05) is 31.2 Å². The molecule has 3 rings (SSSR count). The second kappa shape index (κ2) is 9.76. The van der Waals surface area contributed by atoms with E-state index in [4.69, 9.17) is 38.5 Å². The smallest absolute Gasteiger partial charge is 0.372 e. The van der Waals surface area contributed by atoms with Crippen molar-refractivity contribution in [3.05, 3.63) is 86.8 Å². The van der Waals surface area contributed by atoms with Crippen LogP contribution in [0.5, 0.6) is 5.88 Å². The zero-order valence-electron chi connectivity index (χ0n) is 16.7. The Morgan fingerprint density at radius 3 is 2.52 bits per heavy atom. The van der Waals surface area contributed by atoms with Crippen LogP contribution in [0.25, 0.3) is 0 Å². The highest BCUT2D eigenvalue weighted by Crippen LogP contribution is 2.31. The first-order valence-electron chi connectivity index (χ1n) is 9.11. The zero-order chi connectivity index (χ0) is 22.5. The Morgan fingerprint density at radius 2 is 1.84 bits per heavy atom. The molecule has 0 fully saturated rings. The number of benzene rings is 2. The van der Waals surface area contributed by atoms with Gasteiger partial charge in [-0.05, 0) is 32.0 Å². The summed E-state index contributed by atoms with van der Waals surface area (Å²) in [6, 6.07) is 14.5. The van der Waals surface area contributed by atoms with E-state index in [0.717, 1.165) is 11.1 Å². The maximum Gasteiger partial charge on any atom is 0.372 e. The van der Waals surface area contributed by atoms with E-state index in [-0.39, 0.29) is 22.2 Å². The molecule has 0 saturated heterocycles. The largest absolute Gasteiger partial charge is 0.464 e. The van der Waals surface area contributed by atoms with Gasteiger partial charge in [-0.15, -0.1) is 0 Å². The first-order chi connectivity index (χ1) is 14.8. The molecule has 0 unspecified atom stereocenters. The van der Waals surface area contributed by atoms with Crippen LogP contribution in [0.2, 0.25) is 10.0 Å². The van der Waals surface area contributed by atoms with E-state index in [9.17, 15) is 9.18 Å². The molecule has 0 bridgehead atoms. The number of aryl methyl sites for hydroxylation is 1. The lowest BCUT2D eigenvalue weighted by Gasteiger charge is -2.10. The van der Waals surface area contributed by atoms with Crippen molar-refractivity contribution in [2.24, 2.45) is 5.16 Å². The standard InChI is InChI=1S/C22H18Cl2FN3O3/c1-12-4-3-5-15(10-12)20(14-6-8-16(23)9-7-14)28-31-17(29)11-30-22-18(24)19(26)13(2)21(25)27-22/h3-10H,11H2,1-2H3,(H2,26,27)/b28-20-. The quantitative estimate of drug-likeness (QED) is 0.238. The monoisotopic (exact) mass is 461 g/mol. The third-order valence-electron chi connectivity index (χ3n) is 4.31. The fourth-order valence-electron chi connectivity index (χ4n) is 2.63. The average molecular weight is 462 g/mol. The number of carbonyl (C=O) groups is 1. The number of nitrogen functional groups attached to an aromatic ring is 1. The van der Waals surface area contributed by atoms with Gasteiger partial charge in [0.25, 0.3) is 0 Å². The topological polar surface area (TPSA) is 86.8 Å². The van der Waals surface area contributed by atoms with Crippen LogP contribution in [-0.4, -0.2) is 23.3 Å². The summed E-state index contributed by atoms with van der Waals surface area (Å²) in [5, 5.41) is 4.49. The lowest BCUT2D eigenvalue weighted by atomic mass is 10.0. The number of halogens is 3. The van der Waals surface area contributed by atoms with Crippen molar-refractivity contribution in [3.8, 4) is 5.88 Å². The van der Waals surface area contributed by atoms with Gasteiger partial charge in [0.2, 0.25) is 11.8 Å². The van der Waals surface area contributed by atoms with E-state index >= 15 is 0 Å². The second-order valence-electron chi connectivity index (χ2n) is 6.63. The number of carbonyl (C=O) groups excluding carboxylic acids is 1. The molecule has 160 valence electrons. The number of hydrogen-bond donors (Lipinski definition) is 1. The van der Waals surface area contributed by atoms with Gasteiger partial charge in [0.1, 0.15) is 10.7 Å². The molecule has 0 aliphatic rings. The van der Waals surface area contributed by atoms with Crippen molar-refractivity contribution in [1.29, 1.82) is 0 Å². The first kappa shape index (κ1) is 22.5. The van der Waals surface area contributed by atoms with Crippen molar-refractivity contribution < 1.29 is 18.8 Å². The summed E-state index contributed by atoms with van der Waals surface area (Å²) in [4.78, 5) is 20.8. The van der Waals surface area contributed by atoms with E-state index in [0.29, 0.717) is 16.3 Å². The van der Waals surface area contributed by atoms with E-state index in [1.165, 1.54) is 6.92 Å². The van der Waals surface area contributed by atoms with Crippen LogP contribution in [0.4, 0.5) is 10.1 Å². The second-order valence-corrected chi connectivity index (χ2v) is 7.44. The molecular weight excluding hydrogens is 444 g/mol. The summed E-state index contributed by atoms with van der Waals surface area (Å²) in [7, 11) is 0. The Kier molecular flexibility index (Phi) is 7.09. The van der Waals surface area contributed by atoms with E-state index in [1.54, 1.807) is 24.3 Å². The Labute approximate surface area is 188 Å². The molecule has 0 spiro atoms. The minimum absolute atomic E-state index is 0.0139. The van der Waals surface area contributed by atoms with Crippen LogP contribution in [0.15, 0.2) is 53.7 Å². The molecule has 0 aliphatic heterocycles. The Bertz CT molecular complexity index is 1150. The SMILES string of the molecule is Cc1cccc(/C(=N\OC(=O)COc2nc(F)c(C)c(N)c2Cl)c2ccc(Cl)cc2)c1. The maximum atomic E-state index is 13.8. The van der Waals surface area contributed by atoms with Crippen molar-refractivity contribution in [2.75, 3.05) is 12.3 Å². The summed E-state index contributed by atoms with van der Waals surface area (Å²) in [6.07, 6.45) is 0. The molecule has 1 aromatic heterocycles. The molecule has 0 atom stereocenters. The Balaban J connectivity index is 1.79. The van der Waals surface area contributed by atoms with Gasteiger partial charge in [0, 0.05) is 21.7 Å². The predicted molar refractivity (Wildman–Crippen MR) is 118 cm³/mol. The number of hydrogen-bond acceptors (Lipinski definition) is 6. The van der Waals surface area contributed by atoms with Crippen molar-refractivity contribution in [3.63, 3.8) is 0 Å². The fourth-order valence-corrected chi connectivity index (χ4v) is 3.00. The number of rotatable bonds is 6. The van der Waals surface area contributed by atoms with Crippen LogP contribution in [0.1, 0.15) is 22.3 Å². The molecule has 0 amide bonds. The summed E-state index contributed by atoms with van der Waals surface area (Å²) in [5.74, 6) is -1.98.